The van der Waals surface area contributed by atoms with Gasteiger partial charge in [0.1, 0.15) is 0 Å². The number of para-hydroxylation sites is 1. The molecule has 0 radical (unpaired) electrons. The largest absolute Gasteiger partial charge is 0.454 e. The lowest BCUT2D eigenvalue weighted by atomic mass is 9.92. The van der Waals surface area contributed by atoms with Gasteiger partial charge in [0.15, 0.2) is 11.5 Å². The van der Waals surface area contributed by atoms with E-state index >= 15 is 0 Å². The molecule has 2 N–H and O–H groups in total. The summed E-state index contributed by atoms with van der Waals surface area (Å²) in [6.07, 6.45) is 3.30. The van der Waals surface area contributed by atoms with Crippen LogP contribution in [-0.4, -0.2) is 25.8 Å². The molecule has 1 aliphatic carbocycles. The SMILES string of the molecule is O=C(NCc1cccc2c1OCO2)C1CC12CCNCC2. The van der Waals surface area contributed by atoms with E-state index in [9.17, 15) is 4.79 Å². The van der Waals surface area contributed by atoms with Crippen LogP contribution in [0.25, 0.3) is 0 Å². The van der Waals surface area contributed by atoms with E-state index in [1.54, 1.807) is 0 Å². The molecule has 1 amide bonds. The zero-order chi connectivity index (χ0) is 14.3. The molecule has 21 heavy (non-hydrogen) atoms. The van der Waals surface area contributed by atoms with Crippen LogP contribution in [0.2, 0.25) is 0 Å². The van der Waals surface area contributed by atoms with Gasteiger partial charge in [0.2, 0.25) is 12.7 Å². The molecule has 1 atom stereocenters. The van der Waals surface area contributed by atoms with Crippen molar-refractivity contribution in [2.75, 3.05) is 19.9 Å². The summed E-state index contributed by atoms with van der Waals surface area (Å²) >= 11 is 0. The summed E-state index contributed by atoms with van der Waals surface area (Å²) in [6, 6.07) is 5.79. The van der Waals surface area contributed by atoms with Crippen LogP contribution in [0.3, 0.4) is 0 Å². The molecule has 2 fully saturated rings. The summed E-state index contributed by atoms with van der Waals surface area (Å²) in [4.78, 5) is 12.3. The van der Waals surface area contributed by atoms with Crippen LogP contribution >= 0.6 is 0 Å². The first-order valence-electron chi connectivity index (χ1n) is 7.64. The van der Waals surface area contributed by atoms with Crippen molar-refractivity contribution >= 4 is 5.91 Å². The Morgan fingerprint density at radius 2 is 2.19 bits per heavy atom. The van der Waals surface area contributed by atoms with Crippen molar-refractivity contribution in [1.29, 1.82) is 0 Å². The van der Waals surface area contributed by atoms with E-state index in [4.69, 9.17) is 9.47 Å². The Hall–Kier alpha value is -1.75. The van der Waals surface area contributed by atoms with Crippen LogP contribution in [-0.2, 0) is 11.3 Å². The van der Waals surface area contributed by atoms with Gasteiger partial charge in [0.25, 0.3) is 0 Å². The van der Waals surface area contributed by atoms with Gasteiger partial charge < -0.3 is 20.1 Å². The summed E-state index contributed by atoms with van der Waals surface area (Å²) in [5.41, 5.74) is 1.27. The van der Waals surface area contributed by atoms with Crippen molar-refractivity contribution in [3.8, 4) is 11.5 Å². The van der Waals surface area contributed by atoms with Gasteiger partial charge >= 0.3 is 0 Å². The fourth-order valence-corrected chi connectivity index (χ4v) is 3.63. The van der Waals surface area contributed by atoms with Crippen LogP contribution in [0.15, 0.2) is 18.2 Å². The highest BCUT2D eigenvalue weighted by Gasteiger charge is 2.57. The summed E-state index contributed by atoms with van der Waals surface area (Å²) in [5.74, 6) is 1.93. The molecule has 0 aromatic heterocycles. The van der Waals surface area contributed by atoms with Gasteiger partial charge in [-0.3, -0.25) is 4.79 Å². The zero-order valence-electron chi connectivity index (χ0n) is 12.0. The van der Waals surface area contributed by atoms with Crippen LogP contribution < -0.4 is 20.1 Å². The van der Waals surface area contributed by atoms with E-state index in [2.05, 4.69) is 10.6 Å². The summed E-state index contributed by atoms with van der Waals surface area (Å²) < 4.78 is 10.8. The predicted molar refractivity (Wildman–Crippen MR) is 77.1 cm³/mol. The first-order chi connectivity index (χ1) is 10.3. The lowest BCUT2D eigenvalue weighted by Gasteiger charge is -2.23. The molecule has 1 saturated heterocycles. The van der Waals surface area contributed by atoms with Gasteiger partial charge in [-0.25, -0.2) is 0 Å². The van der Waals surface area contributed by atoms with Crippen molar-refractivity contribution < 1.29 is 14.3 Å². The molecule has 4 rings (SSSR count). The average molecular weight is 288 g/mol. The molecule has 1 spiro atoms. The van der Waals surface area contributed by atoms with Gasteiger partial charge in [-0.1, -0.05) is 12.1 Å². The summed E-state index contributed by atoms with van der Waals surface area (Å²) in [7, 11) is 0. The van der Waals surface area contributed by atoms with Crippen molar-refractivity contribution in [3.05, 3.63) is 23.8 Å². The Morgan fingerprint density at radius 3 is 3.05 bits per heavy atom. The average Bonchev–Trinajstić information content (AvgIpc) is 2.99. The van der Waals surface area contributed by atoms with E-state index in [1.807, 2.05) is 18.2 Å². The van der Waals surface area contributed by atoms with E-state index < -0.39 is 0 Å². The number of carbonyl (C=O) groups excluding carboxylic acids is 1. The Bertz CT molecular complexity index is 567. The lowest BCUT2D eigenvalue weighted by Crippen LogP contribution is -2.33. The van der Waals surface area contributed by atoms with Gasteiger partial charge in [0.05, 0.1) is 0 Å². The Labute approximate surface area is 124 Å². The summed E-state index contributed by atoms with van der Waals surface area (Å²) in [5, 5.41) is 6.43. The van der Waals surface area contributed by atoms with Crippen LogP contribution in [0.1, 0.15) is 24.8 Å². The smallest absolute Gasteiger partial charge is 0.231 e. The van der Waals surface area contributed by atoms with Gasteiger partial charge in [0, 0.05) is 18.0 Å². The van der Waals surface area contributed by atoms with Crippen LogP contribution in [0, 0.1) is 11.3 Å². The third-order valence-electron chi connectivity index (χ3n) is 5.04. The highest BCUT2D eigenvalue weighted by molar-refractivity contribution is 5.82. The zero-order valence-corrected chi connectivity index (χ0v) is 12.0. The van der Waals surface area contributed by atoms with Gasteiger partial charge in [-0.2, -0.15) is 0 Å². The first kappa shape index (κ1) is 13.0. The Kier molecular flexibility index (Phi) is 3.03. The van der Waals surface area contributed by atoms with Crippen molar-refractivity contribution in [2.24, 2.45) is 11.3 Å². The van der Waals surface area contributed by atoms with E-state index in [0.29, 0.717) is 6.54 Å². The second-order valence-electron chi connectivity index (χ2n) is 6.24. The van der Waals surface area contributed by atoms with Gasteiger partial charge in [-0.15, -0.1) is 0 Å². The minimum Gasteiger partial charge on any atom is -0.454 e. The molecule has 2 heterocycles. The van der Waals surface area contributed by atoms with Crippen molar-refractivity contribution in [2.45, 2.75) is 25.8 Å². The highest BCUT2D eigenvalue weighted by Crippen LogP contribution is 2.58. The fourth-order valence-electron chi connectivity index (χ4n) is 3.63. The molecule has 2 aliphatic heterocycles. The fraction of sp³-hybridized carbons (Fsp3) is 0.562. The predicted octanol–water partition coefficient (Wildman–Crippen LogP) is 1.42. The Balaban J connectivity index is 1.37. The van der Waals surface area contributed by atoms with Gasteiger partial charge in [-0.05, 0) is 43.8 Å². The molecular formula is C16H20N2O3. The molecule has 3 aliphatic rings. The maximum atomic E-state index is 12.3. The molecule has 5 heteroatoms. The molecule has 1 aromatic rings. The highest BCUT2D eigenvalue weighted by atomic mass is 16.7. The maximum Gasteiger partial charge on any atom is 0.231 e. The minimum atomic E-state index is 0.188. The summed E-state index contributed by atoms with van der Waals surface area (Å²) in [6.45, 7) is 2.86. The monoisotopic (exact) mass is 288 g/mol. The van der Waals surface area contributed by atoms with E-state index in [-0.39, 0.29) is 24.0 Å². The molecule has 5 nitrogen and oxygen atoms in total. The molecule has 112 valence electrons. The van der Waals surface area contributed by atoms with E-state index in [1.165, 1.54) is 0 Å². The number of piperidine rings is 1. The Morgan fingerprint density at radius 1 is 1.33 bits per heavy atom. The van der Waals surface area contributed by atoms with Crippen LogP contribution in [0.4, 0.5) is 0 Å². The molecule has 1 aromatic carbocycles. The molecular weight excluding hydrogens is 268 g/mol. The maximum absolute atomic E-state index is 12.3. The third kappa shape index (κ3) is 2.25. The number of rotatable bonds is 3. The molecule has 1 unspecified atom stereocenters. The number of amides is 1. The number of benzene rings is 1. The topological polar surface area (TPSA) is 59.6 Å². The number of carbonyl (C=O) groups is 1. The van der Waals surface area contributed by atoms with Crippen molar-refractivity contribution in [3.63, 3.8) is 0 Å². The first-order valence-corrected chi connectivity index (χ1v) is 7.64. The second kappa shape index (κ2) is 4.91. The molecule has 1 saturated carbocycles. The standard InChI is InChI=1S/C16H20N2O3/c19-15(12-8-16(12)4-6-17-7-5-16)18-9-11-2-1-3-13-14(11)21-10-20-13/h1-3,12,17H,4-10H2,(H,18,19). The lowest BCUT2D eigenvalue weighted by molar-refractivity contribution is -0.123. The number of nitrogens with one attached hydrogen (secondary N) is 2. The number of fused-ring (bicyclic) bond motifs is 1. The third-order valence-corrected chi connectivity index (χ3v) is 5.04. The molecule has 0 bridgehead atoms. The number of hydrogen-bond acceptors (Lipinski definition) is 4. The van der Waals surface area contributed by atoms with Crippen LogP contribution in [0.5, 0.6) is 11.5 Å². The quantitative estimate of drug-likeness (QED) is 0.883. The van der Waals surface area contributed by atoms with E-state index in [0.717, 1.165) is 49.4 Å². The number of ether oxygens (including phenoxy) is 2. The minimum absolute atomic E-state index is 0.188. The van der Waals surface area contributed by atoms with Crippen molar-refractivity contribution in [1.82, 2.24) is 10.6 Å². The second-order valence-corrected chi connectivity index (χ2v) is 6.24. The normalized spacial score (nSPS) is 24.9. The number of hydrogen-bond donors (Lipinski definition) is 2.